The van der Waals surface area contributed by atoms with Crippen LogP contribution in [0.3, 0.4) is 0 Å². The Kier molecular flexibility index (Phi) is 15.6. The molecule has 0 saturated heterocycles. The SMILES string of the molecule is CN(C(=O)C(Cc1cn(C(c2ccccc2)(c2ccccc2)c2ccccc2)cn1)NC(=O)OCc1ccccc1)C(Cc1ccc(OCc2ccccc2)cc1)C(=O)NCC(C)(C)c1ccccc1. The fraction of sp³-hybridized carbons (Fsp3) is 0.200. The molecule has 8 rings (SSSR count). The summed E-state index contributed by atoms with van der Waals surface area (Å²) in [6, 6.07) is 65.4. The number of carbonyl (C=O) groups is 3. The summed E-state index contributed by atoms with van der Waals surface area (Å²) in [6.07, 6.45) is 3.11. The minimum atomic E-state index is -1.18. The number of imidazole rings is 1. The normalized spacial score (nSPS) is 12.3. The minimum absolute atomic E-state index is 0.000907. The van der Waals surface area contributed by atoms with Crippen molar-refractivity contribution >= 4 is 17.9 Å². The lowest BCUT2D eigenvalue weighted by Gasteiger charge is -2.37. The topological polar surface area (TPSA) is 115 Å². The summed E-state index contributed by atoms with van der Waals surface area (Å²) in [5.41, 5.74) is 6.01. The van der Waals surface area contributed by atoms with Crippen molar-refractivity contribution in [3.8, 4) is 5.75 Å². The highest BCUT2D eigenvalue weighted by molar-refractivity contribution is 5.91. The van der Waals surface area contributed by atoms with Crippen LogP contribution in [-0.4, -0.2) is 58.0 Å². The summed E-state index contributed by atoms with van der Waals surface area (Å²) in [7, 11) is 1.61. The van der Waals surface area contributed by atoms with Crippen LogP contribution in [0.5, 0.6) is 5.75 Å². The first-order valence-corrected chi connectivity index (χ1v) is 23.6. The third kappa shape index (κ3) is 11.7. The summed E-state index contributed by atoms with van der Waals surface area (Å²) in [4.78, 5) is 49.9. The second-order valence-corrected chi connectivity index (χ2v) is 18.1. The number of aromatic nitrogens is 2. The molecule has 1 aromatic heterocycles. The van der Waals surface area contributed by atoms with Gasteiger partial charge in [0.25, 0.3) is 0 Å². The van der Waals surface area contributed by atoms with E-state index < -0.39 is 35.0 Å². The maximum atomic E-state index is 15.2. The first kappa shape index (κ1) is 48.2. The summed E-state index contributed by atoms with van der Waals surface area (Å²) in [5.74, 6) is -0.148. The summed E-state index contributed by atoms with van der Waals surface area (Å²) < 4.78 is 13.8. The van der Waals surface area contributed by atoms with Gasteiger partial charge in [0.05, 0.1) is 12.0 Å². The zero-order chi connectivity index (χ0) is 48.8. The third-order valence-corrected chi connectivity index (χ3v) is 12.8. The molecular weight excluding hydrogens is 871 g/mol. The number of benzene rings is 7. The number of nitrogens with zero attached hydrogens (tertiary/aromatic N) is 3. The van der Waals surface area contributed by atoms with Crippen molar-refractivity contribution in [2.24, 2.45) is 0 Å². The monoisotopic (exact) mass is 929 g/mol. The molecule has 354 valence electrons. The van der Waals surface area contributed by atoms with Gasteiger partial charge in [0, 0.05) is 38.0 Å². The van der Waals surface area contributed by atoms with Crippen LogP contribution in [-0.2, 0) is 51.3 Å². The minimum Gasteiger partial charge on any atom is -0.489 e. The Bertz CT molecular complexity index is 2800. The quantitative estimate of drug-likeness (QED) is 0.0736. The molecule has 2 N–H and O–H groups in total. The highest BCUT2D eigenvalue weighted by Gasteiger charge is 2.39. The second-order valence-electron chi connectivity index (χ2n) is 18.1. The van der Waals surface area contributed by atoms with Crippen molar-refractivity contribution in [3.63, 3.8) is 0 Å². The Morgan fingerprint density at radius 1 is 0.586 bits per heavy atom. The van der Waals surface area contributed by atoms with E-state index in [4.69, 9.17) is 14.5 Å². The number of hydrogen-bond donors (Lipinski definition) is 2. The number of hydrogen-bond acceptors (Lipinski definition) is 6. The van der Waals surface area contributed by atoms with Crippen molar-refractivity contribution in [2.75, 3.05) is 13.6 Å². The smallest absolute Gasteiger partial charge is 0.408 e. The van der Waals surface area contributed by atoms with Crippen LogP contribution in [0.4, 0.5) is 4.79 Å². The zero-order valence-corrected chi connectivity index (χ0v) is 39.9. The van der Waals surface area contributed by atoms with Gasteiger partial charge in [-0.15, -0.1) is 0 Å². The van der Waals surface area contributed by atoms with Gasteiger partial charge in [-0.05, 0) is 51.1 Å². The highest BCUT2D eigenvalue weighted by atomic mass is 16.5. The molecule has 7 aromatic carbocycles. The van der Waals surface area contributed by atoms with Gasteiger partial charge in [0.15, 0.2) is 0 Å². The third-order valence-electron chi connectivity index (χ3n) is 12.8. The van der Waals surface area contributed by atoms with Gasteiger partial charge in [0.1, 0.15) is 36.6 Å². The Morgan fingerprint density at radius 2 is 1.06 bits per heavy atom. The molecule has 0 spiro atoms. The highest BCUT2D eigenvalue weighted by Crippen LogP contribution is 2.41. The van der Waals surface area contributed by atoms with Gasteiger partial charge < -0.3 is 29.6 Å². The van der Waals surface area contributed by atoms with E-state index in [9.17, 15) is 9.59 Å². The zero-order valence-electron chi connectivity index (χ0n) is 39.9. The molecule has 0 radical (unpaired) electrons. The second kappa shape index (κ2) is 22.7. The Balaban J connectivity index is 1.11. The van der Waals surface area contributed by atoms with Gasteiger partial charge in [-0.2, -0.15) is 0 Å². The Morgan fingerprint density at radius 3 is 1.57 bits per heavy atom. The molecular formula is C60H59N5O5. The van der Waals surface area contributed by atoms with Crippen LogP contribution >= 0.6 is 0 Å². The number of likely N-dealkylation sites (N-methyl/N-ethyl adjacent to an activating group) is 1. The Labute approximate surface area is 411 Å². The molecule has 8 aromatic rings. The molecule has 2 atom stereocenters. The largest absolute Gasteiger partial charge is 0.489 e. The average Bonchev–Trinajstić information content (AvgIpc) is 3.88. The number of carbonyl (C=O) groups excluding carboxylic acids is 3. The van der Waals surface area contributed by atoms with Crippen LogP contribution in [0.15, 0.2) is 219 Å². The number of ether oxygens (including phenoxy) is 2. The van der Waals surface area contributed by atoms with Crippen LogP contribution < -0.4 is 15.4 Å². The van der Waals surface area contributed by atoms with Crippen LogP contribution in [0, 0.1) is 0 Å². The van der Waals surface area contributed by atoms with E-state index in [1.54, 1.807) is 13.4 Å². The standard InChI is InChI=1S/C60H59N5O5/c1-59(2,48-26-14-6-15-27-48)43-61-56(66)55(38-45-34-36-53(37-35-45)69-41-46-22-10-4-11-23-46)64(3)57(67)54(63-58(68)70-42-47-24-12-5-13-25-47)39-52-40-65(44-62-52)60(49-28-16-7-17-29-49,50-30-18-8-19-31-50)51-32-20-9-21-33-51/h4-37,40,44,54-55H,38-39,41-43H2,1-3H3,(H,61,66)(H,63,68). The number of amides is 3. The lowest BCUT2D eigenvalue weighted by Crippen LogP contribution is -2.56. The van der Waals surface area contributed by atoms with Crippen molar-refractivity contribution in [1.29, 1.82) is 0 Å². The number of rotatable bonds is 20. The molecule has 2 unspecified atom stereocenters. The van der Waals surface area contributed by atoms with E-state index in [0.29, 0.717) is 24.6 Å². The van der Waals surface area contributed by atoms with E-state index in [0.717, 1.165) is 38.9 Å². The molecule has 0 saturated carbocycles. The summed E-state index contributed by atoms with van der Waals surface area (Å²) >= 11 is 0. The van der Waals surface area contributed by atoms with Crippen molar-refractivity contribution < 1.29 is 23.9 Å². The summed E-state index contributed by atoms with van der Waals surface area (Å²) in [5, 5.41) is 6.06. The number of alkyl carbamates (subject to hydrolysis) is 1. The van der Waals surface area contributed by atoms with E-state index in [-0.39, 0.29) is 25.4 Å². The molecule has 0 aliphatic heterocycles. The first-order valence-electron chi connectivity index (χ1n) is 23.6. The van der Waals surface area contributed by atoms with Gasteiger partial charge in [-0.25, -0.2) is 9.78 Å². The average molecular weight is 930 g/mol. The van der Waals surface area contributed by atoms with E-state index >= 15 is 4.79 Å². The maximum absolute atomic E-state index is 15.2. The molecule has 10 nitrogen and oxygen atoms in total. The number of nitrogens with one attached hydrogen (secondary N) is 2. The molecule has 0 aliphatic rings. The lowest BCUT2D eigenvalue weighted by atomic mass is 9.77. The van der Waals surface area contributed by atoms with Crippen molar-refractivity contribution in [3.05, 3.63) is 263 Å². The molecule has 0 fully saturated rings. The molecule has 70 heavy (non-hydrogen) atoms. The van der Waals surface area contributed by atoms with Crippen molar-refractivity contribution in [2.45, 2.75) is 62.9 Å². The van der Waals surface area contributed by atoms with Gasteiger partial charge in [0.2, 0.25) is 11.8 Å². The maximum Gasteiger partial charge on any atom is 0.408 e. The summed E-state index contributed by atoms with van der Waals surface area (Å²) in [6.45, 7) is 4.87. The van der Waals surface area contributed by atoms with Crippen LogP contribution in [0.25, 0.3) is 0 Å². The predicted molar refractivity (Wildman–Crippen MR) is 274 cm³/mol. The fourth-order valence-corrected chi connectivity index (χ4v) is 8.86. The van der Waals surface area contributed by atoms with E-state index in [1.165, 1.54) is 4.90 Å². The van der Waals surface area contributed by atoms with E-state index in [2.05, 4.69) is 65.4 Å². The van der Waals surface area contributed by atoms with Gasteiger partial charge in [-0.1, -0.05) is 208 Å². The van der Waals surface area contributed by atoms with Gasteiger partial charge >= 0.3 is 6.09 Å². The lowest BCUT2D eigenvalue weighted by molar-refractivity contribution is -0.140. The predicted octanol–water partition coefficient (Wildman–Crippen LogP) is 10.3. The Hall–Kier alpha value is -8.24. The molecule has 3 amide bonds. The van der Waals surface area contributed by atoms with Crippen molar-refractivity contribution in [1.82, 2.24) is 25.1 Å². The first-order chi connectivity index (χ1) is 34.1. The van der Waals surface area contributed by atoms with E-state index in [1.807, 2.05) is 176 Å². The molecule has 1 heterocycles. The van der Waals surface area contributed by atoms with Crippen LogP contribution in [0.1, 0.15) is 58.5 Å². The van der Waals surface area contributed by atoms with Gasteiger partial charge in [-0.3, -0.25) is 9.59 Å². The molecule has 0 aliphatic carbocycles. The fourth-order valence-electron chi connectivity index (χ4n) is 8.86. The van der Waals surface area contributed by atoms with Crippen LogP contribution in [0.2, 0.25) is 0 Å². The molecule has 0 bridgehead atoms. The molecule has 10 heteroatoms.